The summed E-state index contributed by atoms with van der Waals surface area (Å²) in [7, 11) is 0. The summed E-state index contributed by atoms with van der Waals surface area (Å²) in [4.78, 5) is 21.4. The van der Waals surface area contributed by atoms with Crippen LogP contribution >= 0.6 is 0 Å². The van der Waals surface area contributed by atoms with E-state index >= 15 is 0 Å². The summed E-state index contributed by atoms with van der Waals surface area (Å²) in [5, 5.41) is 10.0. The Morgan fingerprint density at radius 1 is 1.37 bits per heavy atom. The molecular weight excluding hydrogens is 242 g/mol. The Morgan fingerprint density at radius 3 is 2.63 bits per heavy atom. The average Bonchev–Trinajstić information content (AvgIpc) is 2.90. The van der Waals surface area contributed by atoms with Crippen molar-refractivity contribution in [2.45, 2.75) is 44.1 Å². The van der Waals surface area contributed by atoms with E-state index in [2.05, 4.69) is 9.97 Å². The molecule has 2 fully saturated rings. The Bertz CT molecular complexity index is 420. The number of aromatic amines is 1. The quantitative estimate of drug-likeness (QED) is 0.863. The predicted octanol–water partition coefficient (Wildman–Crippen LogP) is 1.28. The summed E-state index contributed by atoms with van der Waals surface area (Å²) in [6, 6.07) is 0. The van der Waals surface area contributed by atoms with Crippen molar-refractivity contribution in [3.05, 3.63) is 18.2 Å². The third-order valence-corrected chi connectivity index (χ3v) is 4.56. The molecule has 5 nitrogen and oxygen atoms in total. The van der Waals surface area contributed by atoms with E-state index in [0.29, 0.717) is 5.92 Å². The lowest BCUT2D eigenvalue weighted by atomic mass is 9.80. The SMILES string of the molecule is O=C(C(O)C1CCC1)N1CCC(c2ncc[nH]2)CC1. The van der Waals surface area contributed by atoms with Gasteiger partial charge in [-0.2, -0.15) is 0 Å². The van der Waals surface area contributed by atoms with Crippen LogP contribution in [-0.4, -0.2) is 45.1 Å². The smallest absolute Gasteiger partial charge is 0.251 e. The van der Waals surface area contributed by atoms with E-state index in [1.165, 1.54) is 0 Å². The van der Waals surface area contributed by atoms with Crippen LogP contribution < -0.4 is 0 Å². The zero-order valence-electron chi connectivity index (χ0n) is 11.1. The van der Waals surface area contributed by atoms with Gasteiger partial charge in [0.15, 0.2) is 0 Å². The summed E-state index contributed by atoms with van der Waals surface area (Å²) >= 11 is 0. The maximum Gasteiger partial charge on any atom is 0.251 e. The highest BCUT2D eigenvalue weighted by atomic mass is 16.3. The highest BCUT2D eigenvalue weighted by Crippen LogP contribution is 2.32. The van der Waals surface area contributed by atoms with Crippen molar-refractivity contribution in [3.8, 4) is 0 Å². The Kier molecular flexibility index (Phi) is 3.55. The number of carbonyl (C=O) groups excluding carboxylic acids is 1. The molecule has 5 heteroatoms. The van der Waals surface area contributed by atoms with Gasteiger partial charge in [0.1, 0.15) is 11.9 Å². The standard InChI is InChI=1S/C14H21N3O2/c18-12(10-2-1-3-10)14(19)17-8-4-11(5-9-17)13-15-6-7-16-13/h6-7,10-12,18H,1-5,8-9H2,(H,15,16). The van der Waals surface area contributed by atoms with Crippen LogP contribution in [0.5, 0.6) is 0 Å². The summed E-state index contributed by atoms with van der Waals surface area (Å²) in [6.07, 6.45) is 7.84. The molecule has 1 aliphatic heterocycles. The molecule has 2 heterocycles. The summed E-state index contributed by atoms with van der Waals surface area (Å²) in [5.74, 6) is 1.57. The van der Waals surface area contributed by atoms with Crippen molar-refractivity contribution in [3.63, 3.8) is 0 Å². The number of piperidine rings is 1. The fourth-order valence-corrected chi connectivity index (χ4v) is 3.02. The maximum atomic E-state index is 12.2. The lowest BCUT2D eigenvalue weighted by Crippen LogP contribution is -2.47. The van der Waals surface area contributed by atoms with E-state index in [4.69, 9.17) is 0 Å². The number of rotatable bonds is 3. The van der Waals surface area contributed by atoms with E-state index in [-0.39, 0.29) is 11.8 Å². The fourth-order valence-electron chi connectivity index (χ4n) is 3.02. The van der Waals surface area contributed by atoms with Gasteiger partial charge in [-0.05, 0) is 31.6 Å². The number of H-pyrrole nitrogens is 1. The number of carbonyl (C=O) groups is 1. The molecule has 1 saturated carbocycles. The molecule has 104 valence electrons. The molecule has 1 aromatic rings. The first-order chi connectivity index (χ1) is 9.25. The number of aliphatic hydroxyl groups is 1. The van der Waals surface area contributed by atoms with Crippen molar-refractivity contribution in [2.75, 3.05) is 13.1 Å². The maximum absolute atomic E-state index is 12.2. The van der Waals surface area contributed by atoms with Crippen LogP contribution in [-0.2, 0) is 4.79 Å². The molecule has 0 bridgehead atoms. The monoisotopic (exact) mass is 263 g/mol. The molecule has 0 spiro atoms. The second-order valence-electron chi connectivity index (χ2n) is 5.71. The number of hydrogen-bond acceptors (Lipinski definition) is 3. The molecule has 0 radical (unpaired) electrons. The fraction of sp³-hybridized carbons (Fsp3) is 0.714. The van der Waals surface area contributed by atoms with Gasteiger partial charge in [-0.15, -0.1) is 0 Å². The van der Waals surface area contributed by atoms with Crippen LogP contribution in [0.15, 0.2) is 12.4 Å². The third-order valence-electron chi connectivity index (χ3n) is 4.56. The number of hydrogen-bond donors (Lipinski definition) is 2. The molecule has 1 aliphatic carbocycles. The van der Waals surface area contributed by atoms with Crippen molar-refractivity contribution in [2.24, 2.45) is 5.92 Å². The predicted molar refractivity (Wildman–Crippen MR) is 70.5 cm³/mol. The van der Waals surface area contributed by atoms with Crippen molar-refractivity contribution in [1.29, 1.82) is 0 Å². The molecule has 0 aromatic carbocycles. The van der Waals surface area contributed by atoms with Gasteiger partial charge in [-0.3, -0.25) is 4.79 Å². The third kappa shape index (κ3) is 2.52. The Morgan fingerprint density at radius 2 is 2.11 bits per heavy atom. The second-order valence-corrected chi connectivity index (χ2v) is 5.71. The first-order valence-electron chi connectivity index (χ1n) is 7.22. The van der Waals surface area contributed by atoms with Crippen LogP contribution in [0.3, 0.4) is 0 Å². The Hall–Kier alpha value is -1.36. The minimum absolute atomic E-state index is 0.0670. The van der Waals surface area contributed by atoms with Gasteiger partial charge < -0.3 is 15.0 Å². The van der Waals surface area contributed by atoms with E-state index in [1.54, 1.807) is 6.20 Å². The minimum atomic E-state index is -0.770. The summed E-state index contributed by atoms with van der Waals surface area (Å²) < 4.78 is 0. The molecule has 19 heavy (non-hydrogen) atoms. The normalized spacial score (nSPS) is 23.1. The molecule has 2 N–H and O–H groups in total. The summed E-state index contributed by atoms with van der Waals surface area (Å²) in [6.45, 7) is 1.46. The molecule has 1 unspecified atom stereocenters. The number of likely N-dealkylation sites (tertiary alicyclic amines) is 1. The number of nitrogens with one attached hydrogen (secondary N) is 1. The van der Waals surface area contributed by atoms with Crippen LogP contribution in [0, 0.1) is 5.92 Å². The molecule has 2 aliphatic rings. The average molecular weight is 263 g/mol. The van der Waals surface area contributed by atoms with Crippen molar-refractivity contribution < 1.29 is 9.90 Å². The number of imidazole rings is 1. The zero-order chi connectivity index (χ0) is 13.2. The van der Waals surface area contributed by atoms with Crippen LogP contribution in [0.4, 0.5) is 0 Å². The van der Waals surface area contributed by atoms with E-state index in [0.717, 1.165) is 51.0 Å². The van der Waals surface area contributed by atoms with Gasteiger partial charge in [-0.25, -0.2) is 4.98 Å². The van der Waals surface area contributed by atoms with Gasteiger partial charge in [0.05, 0.1) is 0 Å². The highest BCUT2D eigenvalue weighted by Gasteiger charge is 2.35. The lowest BCUT2D eigenvalue weighted by molar-refractivity contribution is -0.146. The number of nitrogens with zero attached hydrogens (tertiary/aromatic N) is 2. The van der Waals surface area contributed by atoms with Gasteiger partial charge in [0, 0.05) is 31.4 Å². The van der Waals surface area contributed by atoms with E-state index in [1.807, 2.05) is 11.1 Å². The molecule has 1 aromatic heterocycles. The van der Waals surface area contributed by atoms with Crippen molar-refractivity contribution >= 4 is 5.91 Å². The summed E-state index contributed by atoms with van der Waals surface area (Å²) in [5.41, 5.74) is 0. The molecule has 1 saturated heterocycles. The number of aliphatic hydroxyl groups excluding tert-OH is 1. The molecule has 3 rings (SSSR count). The number of amides is 1. The topological polar surface area (TPSA) is 69.2 Å². The van der Waals surface area contributed by atoms with Crippen LogP contribution in [0.2, 0.25) is 0 Å². The van der Waals surface area contributed by atoms with E-state index < -0.39 is 6.10 Å². The molecular formula is C14H21N3O2. The van der Waals surface area contributed by atoms with Gasteiger partial charge in [0.2, 0.25) is 0 Å². The van der Waals surface area contributed by atoms with Crippen LogP contribution in [0.25, 0.3) is 0 Å². The van der Waals surface area contributed by atoms with Crippen LogP contribution in [0.1, 0.15) is 43.8 Å². The van der Waals surface area contributed by atoms with Gasteiger partial charge in [0.25, 0.3) is 5.91 Å². The molecule has 1 amide bonds. The largest absolute Gasteiger partial charge is 0.383 e. The number of aromatic nitrogens is 2. The molecule has 1 atom stereocenters. The Labute approximate surface area is 113 Å². The second kappa shape index (κ2) is 5.33. The zero-order valence-corrected chi connectivity index (χ0v) is 11.1. The lowest BCUT2D eigenvalue weighted by Gasteiger charge is -2.36. The van der Waals surface area contributed by atoms with E-state index in [9.17, 15) is 9.90 Å². The first-order valence-corrected chi connectivity index (χ1v) is 7.22. The Balaban J connectivity index is 1.53. The minimum Gasteiger partial charge on any atom is -0.383 e. The van der Waals surface area contributed by atoms with Gasteiger partial charge >= 0.3 is 0 Å². The van der Waals surface area contributed by atoms with Gasteiger partial charge in [-0.1, -0.05) is 6.42 Å². The van der Waals surface area contributed by atoms with Crippen molar-refractivity contribution in [1.82, 2.24) is 14.9 Å². The first kappa shape index (κ1) is 12.7. The highest BCUT2D eigenvalue weighted by molar-refractivity contribution is 5.81.